The fourth-order valence-corrected chi connectivity index (χ4v) is 5.83. The van der Waals surface area contributed by atoms with Crippen molar-refractivity contribution in [2.75, 3.05) is 19.6 Å². The monoisotopic (exact) mass is 406 g/mol. The number of carbonyl (C=O) groups excluding carboxylic acids is 2. The van der Waals surface area contributed by atoms with Crippen molar-refractivity contribution < 1.29 is 9.59 Å². The van der Waals surface area contributed by atoms with Gasteiger partial charge >= 0.3 is 0 Å². The van der Waals surface area contributed by atoms with Crippen molar-refractivity contribution in [1.82, 2.24) is 19.6 Å². The number of rotatable bonds is 3. The fourth-order valence-electron chi connectivity index (χ4n) is 5.83. The van der Waals surface area contributed by atoms with Gasteiger partial charge in [0, 0.05) is 43.4 Å². The Morgan fingerprint density at radius 1 is 1.13 bits per heavy atom. The second-order valence-electron chi connectivity index (χ2n) is 9.24. The lowest BCUT2D eigenvalue weighted by atomic mass is 9.76. The molecular formula is C24H30N4O2. The van der Waals surface area contributed by atoms with Crippen LogP contribution < -0.4 is 0 Å². The van der Waals surface area contributed by atoms with E-state index in [4.69, 9.17) is 5.10 Å². The molecule has 6 heteroatoms. The van der Waals surface area contributed by atoms with E-state index in [9.17, 15) is 9.59 Å². The highest BCUT2D eigenvalue weighted by atomic mass is 16.2. The van der Waals surface area contributed by atoms with E-state index < -0.39 is 0 Å². The topological polar surface area (TPSA) is 58.4 Å². The van der Waals surface area contributed by atoms with E-state index in [0.717, 1.165) is 61.5 Å². The van der Waals surface area contributed by atoms with Gasteiger partial charge in [-0.2, -0.15) is 5.10 Å². The molecular weight excluding hydrogens is 376 g/mol. The summed E-state index contributed by atoms with van der Waals surface area (Å²) >= 11 is 0. The maximum Gasteiger partial charge on any atom is 0.227 e. The normalized spacial score (nSPS) is 25.9. The van der Waals surface area contributed by atoms with Crippen molar-refractivity contribution in [3.8, 4) is 5.69 Å². The zero-order valence-electron chi connectivity index (χ0n) is 17.9. The number of likely N-dealkylation sites (tertiary alicyclic amines) is 1. The summed E-state index contributed by atoms with van der Waals surface area (Å²) in [6.45, 7) is 6.43. The highest BCUT2D eigenvalue weighted by molar-refractivity contribution is 5.80. The van der Waals surface area contributed by atoms with Crippen molar-refractivity contribution in [3.05, 3.63) is 47.3 Å². The number of fused-ring (bicyclic) bond motifs is 4. The van der Waals surface area contributed by atoms with Crippen molar-refractivity contribution in [1.29, 1.82) is 0 Å². The summed E-state index contributed by atoms with van der Waals surface area (Å²) < 4.78 is 1.94. The van der Waals surface area contributed by atoms with Crippen molar-refractivity contribution in [2.24, 2.45) is 11.8 Å². The number of carbonyl (C=O) groups is 2. The highest BCUT2D eigenvalue weighted by Crippen LogP contribution is 2.38. The summed E-state index contributed by atoms with van der Waals surface area (Å²) in [7, 11) is 0. The van der Waals surface area contributed by atoms with Gasteiger partial charge in [-0.05, 0) is 57.1 Å². The Bertz CT molecular complexity index is 967. The minimum Gasteiger partial charge on any atom is -0.342 e. The lowest BCUT2D eigenvalue weighted by Crippen LogP contribution is -2.61. The van der Waals surface area contributed by atoms with Gasteiger partial charge < -0.3 is 9.80 Å². The first-order valence-electron chi connectivity index (χ1n) is 11.2. The zero-order valence-corrected chi connectivity index (χ0v) is 17.9. The van der Waals surface area contributed by atoms with E-state index >= 15 is 0 Å². The van der Waals surface area contributed by atoms with Gasteiger partial charge in [0.1, 0.15) is 0 Å². The molecule has 0 aliphatic carbocycles. The Balaban J connectivity index is 1.32. The molecule has 3 aliphatic rings. The van der Waals surface area contributed by atoms with Gasteiger partial charge in [0.2, 0.25) is 11.8 Å². The third kappa shape index (κ3) is 3.32. The number of benzene rings is 1. The quantitative estimate of drug-likeness (QED) is 0.788. The predicted molar refractivity (Wildman–Crippen MR) is 114 cm³/mol. The predicted octanol–water partition coefficient (Wildman–Crippen LogP) is 2.89. The maximum atomic E-state index is 13.3. The average Bonchev–Trinajstić information content (AvgIpc) is 3.03. The summed E-state index contributed by atoms with van der Waals surface area (Å²) in [5, 5.41) is 4.70. The molecule has 0 spiro atoms. The van der Waals surface area contributed by atoms with Crippen LogP contribution in [0.5, 0.6) is 0 Å². The van der Waals surface area contributed by atoms with Gasteiger partial charge in [-0.25, -0.2) is 4.68 Å². The molecule has 0 N–H and O–H groups in total. The first-order valence-corrected chi connectivity index (χ1v) is 11.2. The van der Waals surface area contributed by atoms with Gasteiger partial charge in [0.25, 0.3) is 0 Å². The summed E-state index contributed by atoms with van der Waals surface area (Å²) in [6.07, 6.45) is 4.33. The van der Waals surface area contributed by atoms with E-state index in [1.807, 2.05) is 48.9 Å². The zero-order chi connectivity index (χ0) is 20.8. The summed E-state index contributed by atoms with van der Waals surface area (Å²) in [5.41, 5.74) is 4.01. The highest BCUT2D eigenvalue weighted by Gasteiger charge is 2.44. The largest absolute Gasteiger partial charge is 0.342 e. The van der Waals surface area contributed by atoms with Crippen molar-refractivity contribution in [2.45, 2.75) is 52.0 Å². The number of nitrogens with zero attached hydrogens (tertiary/aromatic N) is 4. The maximum absolute atomic E-state index is 13.3. The van der Waals surface area contributed by atoms with Crippen LogP contribution in [-0.2, 0) is 16.0 Å². The van der Waals surface area contributed by atoms with Crippen molar-refractivity contribution >= 4 is 11.8 Å². The molecule has 1 unspecified atom stereocenters. The Morgan fingerprint density at radius 3 is 2.73 bits per heavy atom. The van der Waals surface area contributed by atoms with E-state index in [-0.39, 0.29) is 5.91 Å². The van der Waals surface area contributed by atoms with Crippen LogP contribution >= 0.6 is 0 Å². The van der Waals surface area contributed by atoms with E-state index in [0.29, 0.717) is 36.6 Å². The Kier molecular flexibility index (Phi) is 4.88. The van der Waals surface area contributed by atoms with E-state index in [1.165, 1.54) is 0 Å². The smallest absolute Gasteiger partial charge is 0.227 e. The molecule has 2 amide bonds. The molecule has 0 radical (unpaired) electrons. The molecule has 4 heterocycles. The molecule has 2 aromatic rings. The van der Waals surface area contributed by atoms with Gasteiger partial charge in [-0.1, -0.05) is 18.2 Å². The van der Waals surface area contributed by atoms with Crippen LogP contribution in [0.4, 0.5) is 0 Å². The molecule has 2 bridgehead atoms. The molecule has 1 aromatic heterocycles. The molecule has 1 aromatic carbocycles. The van der Waals surface area contributed by atoms with Gasteiger partial charge in [0.15, 0.2) is 0 Å². The standard InChI is InChI=1S/C24H30N4O2/c1-16-21(17(2)28(25-16)20-7-4-3-5-8-20)12-24(30)26-13-18-11-19(15-26)22-9-6-10-23(29)27(22)14-18/h3-5,7-8,18-19,22H,6,9-15H2,1-2H3/t18-,19-,22?/m0/s1. The van der Waals surface area contributed by atoms with Crippen LogP contribution in [-0.4, -0.2) is 57.1 Å². The van der Waals surface area contributed by atoms with Crippen LogP contribution in [0, 0.1) is 25.7 Å². The number of aromatic nitrogens is 2. The number of hydrogen-bond donors (Lipinski definition) is 0. The van der Waals surface area contributed by atoms with Gasteiger partial charge in [0.05, 0.1) is 17.8 Å². The van der Waals surface area contributed by atoms with Crippen molar-refractivity contribution in [3.63, 3.8) is 0 Å². The second-order valence-corrected chi connectivity index (χ2v) is 9.24. The lowest BCUT2D eigenvalue weighted by Gasteiger charge is -2.52. The van der Waals surface area contributed by atoms with Crippen LogP contribution in [0.25, 0.3) is 5.69 Å². The number of hydrogen-bond acceptors (Lipinski definition) is 3. The first kappa shape index (κ1) is 19.3. The van der Waals surface area contributed by atoms with Crippen LogP contribution in [0.15, 0.2) is 30.3 Å². The summed E-state index contributed by atoms with van der Waals surface area (Å²) in [5.74, 6) is 1.36. The molecule has 0 saturated carbocycles. The first-order chi connectivity index (χ1) is 14.5. The van der Waals surface area contributed by atoms with Gasteiger partial charge in [-0.15, -0.1) is 0 Å². The molecule has 3 aliphatic heterocycles. The molecule has 158 valence electrons. The molecule has 3 fully saturated rings. The molecule has 6 nitrogen and oxygen atoms in total. The second kappa shape index (κ2) is 7.56. The number of piperidine rings is 3. The van der Waals surface area contributed by atoms with E-state index in [1.54, 1.807) is 0 Å². The Hall–Kier alpha value is -2.63. The molecule has 5 rings (SSSR count). The number of para-hydroxylation sites is 1. The van der Waals surface area contributed by atoms with Crippen LogP contribution in [0.3, 0.4) is 0 Å². The van der Waals surface area contributed by atoms with Crippen LogP contribution in [0.2, 0.25) is 0 Å². The Labute approximate surface area is 177 Å². The summed E-state index contributed by atoms with van der Waals surface area (Å²) in [4.78, 5) is 29.8. The fraction of sp³-hybridized carbons (Fsp3) is 0.542. The van der Waals surface area contributed by atoms with Gasteiger partial charge in [-0.3, -0.25) is 9.59 Å². The lowest BCUT2D eigenvalue weighted by molar-refractivity contribution is -0.148. The molecule has 30 heavy (non-hydrogen) atoms. The number of aryl methyl sites for hydroxylation is 1. The minimum atomic E-state index is 0.194. The Morgan fingerprint density at radius 2 is 1.93 bits per heavy atom. The molecule has 3 saturated heterocycles. The third-order valence-corrected chi connectivity index (χ3v) is 7.30. The summed E-state index contributed by atoms with van der Waals surface area (Å²) in [6, 6.07) is 10.4. The third-order valence-electron chi connectivity index (χ3n) is 7.30. The van der Waals surface area contributed by atoms with E-state index in [2.05, 4.69) is 9.80 Å². The molecule has 3 atom stereocenters. The SMILES string of the molecule is Cc1nn(-c2ccccc2)c(C)c1CC(=O)N1C[C@@H]2C[C@@H](C1)C1CCCC(=O)N1C2. The van der Waals surface area contributed by atoms with Crippen LogP contribution in [0.1, 0.15) is 42.6 Å². The minimum absolute atomic E-state index is 0.194. The number of amides is 2. The average molecular weight is 407 g/mol.